The fourth-order valence-electron chi connectivity index (χ4n) is 1.34. The summed E-state index contributed by atoms with van der Waals surface area (Å²) >= 11 is 0. The molecule has 1 aromatic carbocycles. The molecule has 2 rings (SSSR count). The number of rotatable bonds is 1. The van der Waals surface area contributed by atoms with Crippen LogP contribution in [0.4, 0.5) is 13.2 Å². The molecule has 0 spiro atoms. The van der Waals surface area contributed by atoms with Crippen LogP contribution in [-0.2, 0) is 0 Å². The third kappa shape index (κ3) is 2.16. The van der Waals surface area contributed by atoms with Crippen molar-refractivity contribution < 1.29 is 23.0 Å². The molecule has 84 valence electrons. The van der Waals surface area contributed by atoms with E-state index in [9.17, 15) is 18.3 Å². The van der Waals surface area contributed by atoms with E-state index in [1.165, 1.54) is 18.5 Å². The zero-order chi connectivity index (χ0) is 11.8. The molecule has 0 fully saturated rings. The summed E-state index contributed by atoms with van der Waals surface area (Å²) in [4.78, 5) is 3.66. The van der Waals surface area contributed by atoms with Crippen LogP contribution in [-0.4, -0.2) is 16.5 Å². The molecule has 0 aliphatic carbocycles. The van der Waals surface area contributed by atoms with Crippen LogP contribution in [0.2, 0.25) is 0 Å². The Morgan fingerprint density at radius 1 is 1.19 bits per heavy atom. The van der Waals surface area contributed by atoms with Crippen molar-refractivity contribution in [2.75, 3.05) is 0 Å². The highest BCUT2D eigenvalue weighted by Gasteiger charge is 2.31. The van der Waals surface area contributed by atoms with Crippen LogP contribution in [0.15, 0.2) is 30.6 Å². The number of halogens is 3. The molecular weight excluding hydrogens is 223 g/mol. The molecule has 6 heteroatoms. The first-order chi connectivity index (χ1) is 7.46. The number of ether oxygens (including phenoxy) is 1. The lowest BCUT2D eigenvalue weighted by Crippen LogP contribution is -2.16. The Labute approximate surface area is 88.1 Å². The van der Waals surface area contributed by atoms with Crippen LogP contribution < -0.4 is 4.74 Å². The molecule has 0 aliphatic heterocycles. The molecule has 1 N–H and O–H groups in total. The highest BCUT2D eigenvalue weighted by Crippen LogP contribution is 2.29. The van der Waals surface area contributed by atoms with Crippen LogP contribution >= 0.6 is 0 Å². The van der Waals surface area contributed by atoms with Crippen molar-refractivity contribution in [3.8, 4) is 11.5 Å². The van der Waals surface area contributed by atoms with E-state index in [0.717, 1.165) is 12.1 Å². The summed E-state index contributed by atoms with van der Waals surface area (Å²) in [6, 6.07) is 3.64. The quantitative estimate of drug-likeness (QED) is 0.817. The van der Waals surface area contributed by atoms with E-state index in [1.807, 2.05) is 0 Å². The molecule has 1 aromatic heterocycles. The van der Waals surface area contributed by atoms with Gasteiger partial charge in [0.1, 0.15) is 11.5 Å². The molecule has 1 heterocycles. The Kier molecular flexibility index (Phi) is 2.34. The summed E-state index contributed by atoms with van der Waals surface area (Å²) in [7, 11) is 0. The van der Waals surface area contributed by atoms with Crippen LogP contribution in [0.3, 0.4) is 0 Å². The fourth-order valence-corrected chi connectivity index (χ4v) is 1.34. The van der Waals surface area contributed by atoms with Gasteiger partial charge in [0.15, 0.2) is 0 Å². The standard InChI is InChI=1S/C10H6F3NO2/c11-10(12,13)16-7-1-2-8-6(3-7)4-14-5-9(8)15/h1-5,15H. The second-order valence-corrected chi connectivity index (χ2v) is 3.09. The van der Waals surface area contributed by atoms with Crippen molar-refractivity contribution in [2.24, 2.45) is 0 Å². The number of hydrogen-bond donors (Lipinski definition) is 1. The summed E-state index contributed by atoms with van der Waals surface area (Å²) in [5.74, 6) is -0.427. The molecule has 0 saturated heterocycles. The average Bonchev–Trinajstić information content (AvgIpc) is 2.15. The zero-order valence-electron chi connectivity index (χ0n) is 7.82. The molecule has 16 heavy (non-hydrogen) atoms. The molecular formula is C10H6F3NO2. The normalized spacial score (nSPS) is 11.7. The van der Waals surface area contributed by atoms with E-state index in [-0.39, 0.29) is 11.5 Å². The largest absolute Gasteiger partial charge is 0.573 e. The van der Waals surface area contributed by atoms with Gasteiger partial charge in [-0.2, -0.15) is 0 Å². The fraction of sp³-hybridized carbons (Fsp3) is 0.100. The lowest BCUT2D eigenvalue weighted by molar-refractivity contribution is -0.274. The van der Waals surface area contributed by atoms with Crippen LogP contribution in [0, 0.1) is 0 Å². The zero-order valence-corrected chi connectivity index (χ0v) is 7.82. The maximum absolute atomic E-state index is 11.9. The Hall–Kier alpha value is -1.98. The van der Waals surface area contributed by atoms with Crippen molar-refractivity contribution >= 4 is 10.8 Å². The van der Waals surface area contributed by atoms with Gasteiger partial charge in [0, 0.05) is 17.0 Å². The first-order valence-corrected chi connectivity index (χ1v) is 4.28. The van der Waals surface area contributed by atoms with Gasteiger partial charge in [0.05, 0.1) is 6.20 Å². The molecule has 0 unspecified atom stereocenters. The number of alkyl halides is 3. The summed E-state index contributed by atoms with van der Waals surface area (Å²) in [6.45, 7) is 0. The SMILES string of the molecule is Oc1cncc2cc(OC(F)(F)F)ccc12. The second-order valence-electron chi connectivity index (χ2n) is 3.09. The smallest absolute Gasteiger partial charge is 0.506 e. The number of benzene rings is 1. The minimum absolute atomic E-state index is 0.0870. The van der Waals surface area contributed by atoms with E-state index < -0.39 is 6.36 Å². The number of aromatic hydroxyl groups is 1. The maximum atomic E-state index is 11.9. The highest BCUT2D eigenvalue weighted by atomic mass is 19.4. The summed E-state index contributed by atoms with van der Waals surface area (Å²) in [6.07, 6.45) is -2.16. The van der Waals surface area contributed by atoms with E-state index in [0.29, 0.717) is 10.8 Å². The van der Waals surface area contributed by atoms with E-state index in [2.05, 4.69) is 9.72 Å². The molecule has 0 atom stereocenters. The van der Waals surface area contributed by atoms with Gasteiger partial charge in [-0.05, 0) is 18.2 Å². The average molecular weight is 229 g/mol. The minimum atomic E-state index is -4.72. The van der Waals surface area contributed by atoms with Crippen LogP contribution in [0.1, 0.15) is 0 Å². The summed E-state index contributed by atoms with van der Waals surface area (Å²) < 4.78 is 39.5. The second kappa shape index (κ2) is 3.55. The van der Waals surface area contributed by atoms with Gasteiger partial charge < -0.3 is 9.84 Å². The predicted molar refractivity (Wildman–Crippen MR) is 50.1 cm³/mol. The summed E-state index contributed by atoms with van der Waals surface area (Å²) in [5.41, 5.74) is 0. The Morgan fingerprint density at radius 2 is 1.94 bits per heavy atom. The number of aromatic nitrogens is 1. The van der Waals surface area contributed by atoms with Crippen LogP contribution in [0.5, 0.6) is 11.5 Å². The number of pyridine rings is 1. The minimum Gasteiger partial charge on any atom is -0.506 e. The van der Waals surface area contributed by atoms with E-state index in [4.69, 9.17) is 0 Å². The Morgan fingerprint density at radius 3 is 2.62 bits per heavy atom. The highest BCUT2D eigenvalue weighted by molar-refractivity contribution is 5.88. The molecule has 0 saturated carbocycles. The monoisotopic (exact) mass is 229 g/mol. The molecule has 3 nitrogen and oxygen atoms in total. The van der Waals surface area contributed by atoms with Crippen molar-refractivity contribution in [2.45, 2.75) is 6.36 Å². The van der Waals surface area contributed by atoms with Gasteiger partial charge in [-0.3, -0.25) is 4.98 Å². The van der Waals surface area contributed by atoms with Gasteiger partial charge in [-0.15, -0.1) is 13.2 Å². The first-order valence-electron chi connectivity index (χ1n) is 4.28. The third-order valence-electron chi connectivity index (χ3n) is 1.94. The first kappa shape index (κ1) is 10.5. The van der Waals surface area contributed by atoms with E-state index in [1.54, 1.807) is 0 Å². The van der Waals surface area contributed by atoms with Gasteiger partial charge in [0.2, 0.25) is 0 Å². The maximum Gasteiger partial charge on any atom is 0.573 e. The van der Waals surface area contributed by atoms with Crippen LogP contribution in [0.25, 0.3) is 10.8 Å². The number of fused-ring (bicyclic) bond motifs is 1. The number of nitrogens with zero attached hydrogens (tertiary/aromatic N) is 1. The third-order valence-corrected chi connectivity index (χ3v) is 1.94. The molecule has 2 aromatic rings. The van der Waals surface area contributed by atoms with Crippen molar-refractivity contribution in [1.82, 2.24) is 4.98 Å². The molecule has 0 amide bonds. The van der Waals surface area contributed by atoms with Gasteiger partial charge in [0.25, 0.3) is 0 Å². The topological polar surface area (TPSA) is 42.4 Å². The lowest BCUT2D eigenvalue weighted by atomic mass is 10.1. The summed E-state index contributed by atoms with van der Waals surface area (Å²) in [5, 5.41) is 10.2. The van der Waals surface area contributed by atoms with Gasteiger partial charge >= 0.3 is 6.36 Å². The van der Waals surface area contributed by atoms with Crippen molar-refractivity contribution in [1.29, 1.82) is 0 Å². The van der Waals surface area contributed by atoms with Gasteiger partial charge in [-0.1, -0.05) is 0 Å². The molecule has 0 bridgehead atoms. The van der Waals surface area contributed by atoms with E-state index >= 15 is 0 Å². The Bertz CT molecular complexity index is 525. The molecule has 0 aliphatic rings. The predicted octanol–water partition coefficient (Wildman–Crippen LogP) is 2.84. The van der Waals surface area contributed by atoms with Crippen molar-refractivity contribution in [3.05, 3.63) is 30.6 Å². The Balaban J connectivity index is 2.45. The molecule has 0 radical (unpaired) electrons. The lowest BCUT2D eigenvalue weighted by Gasteiger charge is -2.09. The van der Waals surface area contributed by atoms with Crippen molar-refractivity contribution in [3.63, 3.8) is 0 Å². The van der Waals surface area contributed by atoms with Gasteiger partial charge in [-0.25, -0.2) is 0 Å². The number of hydrogen-bond acceptors (Lipinski definition) is 3.